The maximum absolute atomic E-state index is 12.7. The number of hydrogen-bond acceptors (Lipinski definition) is 6. The van der Waals surface area contributed by atoms with Gasteiger partial charge < -0.3 is 30.3 Å². The van der Waals surface area contributed by atoms with Crippen molar-refractivity contribution in [2.75, 3.05) is 6.61 Å². The predicted octanol–water partition coefficient (Wildman–Crippen LogP) is 16.6. The van der Waals surface area contributed by atoms with E-state index in [1.54, 1.807) is 0 Å². The van der Waals surface area contributed by atoms with Crippen LogP contribution in [0.5, 0.6) is 34.5 Å². The maximum Gasteiger partial charge on any atom is 0.126 e. The van der Waals surface area contributed by atoms with Crippen molar-refractivity contribution in [3.8, 4) is 46.8 Å². The summed E-state index contributed by atoms with van der Waals surface area (Å²) >= 11 is 0. The molecule has 6 aromatic carbocycles. The van der Waals surface area contributed by atoms with Gasteiger partial charge in [-0.05, 0) is 139 Å². The monoisotopic (exact) mass is 1040 g/mol. The second kappa shape index (κ2) is 21.1. The van der Waals surface area contributed by atoms with Gasteiger partial charge in [-0.15, -0.1) is 12.3 Å². The highest BCUT2D eigenvalue weighted by Crippen LogP contribution is 2.45. The lowest BCUT2D eigenvalue weighted by molar-refractivity contribution is 0.307. The molecule has 0 unspecified atom stereocenters. The smallest absolute Gasteiger partial charge is 0.126 e. The molecule has 0 fully saturated rings. The van der Waals surface area contributed by atoms with Crippen LogP contribution in [0.15, 0.2) is 72.8 Å². The summed E-state index contributed by atoms with van der Waals surface area (Å²) in [7, 11) is 0. The molecule has 0 heterocycles. The average molecular weight is 1040 g/mol. The standard InChI is InChI=1S/C71H90O6/c1-20-21-22-23-77-65-52-28-50-38-57(69(11,12)13)36-48(63(50)75)26-46-34-55(67(5,6)7)32-44(61(46)73)24-42-30-54(66(2,3)4)31-43(60(42)72)25-45-33-56(68(8,9)10)35-47(62(45)74)27-49-37-58(70(14,15)16)39-51(64(49)76)29-53(65)41-59(40-52)71(17,18)19/h1,30-41,72-76H,21-29H2,2-19H3. The molecule has 6 aromatic rings. The van der Waals surface area contributed by atoms with Gasteiger partial charge in [-0.2, -0.15) is 0 Å². The average Bonchev–Trinajstić information content (AvgIpc) is 3.29. The number of rotatable bonds is 4. The third-order valence-corrected chi connectivity index (χ3v) is 15.8. The lowest BCUT2D eigenvalue weighted by Gasteiger charge is -2.27. The first-order chi connectivity index (χ1) is 35.4. The van der Waals surface area contributed by atoms with E-state index in [1.165, 1.54) is 0 Å². The molecule has 0 aromatic heterocycles. The molecule has 7 rings (SSSR count). The number of unbranched alkanes of at least 4 members (excludes halogenated alkanes) is 1. The van der Waals surface area contributed by atoms with Crippen LogP contribution >= 0.6 is 0 Å². The molecule has 0 aliphatic heterocycles. The summed E-state index contributed by atoms with van der Waals surface area (Å²) in [6.45, 7) is 39.5. The fourth-order valence-corrected chi connectivity index (χ4v) is 10.5. The number of ether oxygens (including phenoxy) is 1. The Hall–Kier alpha value is -6.32. The quantitative estimate of drug-likeness (QED) is 0.0887. The van der Waals surface area contributed by atoms with Gasteiger partial charge in [-0.25, -0.2) is 0 Å². The van der Waals surface area contributed by atoms with Gasteiger partial charge in [-0.1, -0.05) is 197 Å². The number of fused-ring (bicyclic) bond motifs is 12. The molecule has 5 N–H and O–H groups in total. The molecule has 0 saturated carbocycles. The van der Waals surface area contributed by atoms with Gasteiger partial charge in [0.25, 0.3) is 0 Å². The molecular weight excluding hydrogens is 949 g/mol. The van der Waals surface area contributed by atoms with Crippen LogP contribution in [0.25, 0.3) is 0 Å². The second-order valence-electron chi connectivity index (χ2n) is 28.6. The molecule has 6 heteroatoms. The Labute approximate surface area is 463 Å². The maximum atomic E-state index is 12.7. The van der Waals surface area contributed by atoms with Crippen molar-refractivity contribution in [3.05, 3.63) is 173 Å². The highest BCUT2D eigenvalue weighted by atomic mass is 16.5. The minimum absolute atomic E-state index is 0.120. The largest absolute Gasteiger partial charge is 0.507 e. The molecular formula is C71H90O6. The van der Waals surface area contributed by atoms with E-state index < -0.39 is 0 Å². The van der Waals surface area contributed by atoms with Crippen LogP contribution in [0, 0.1) is 12.3 Å². The van der Waals surface area contributed by atoms with E-state index in [-0.39, 0.29) is 86.9 Å². The summed E-state index contributed by atoms with van der Waals surface area (Å²) in [4.78, 5) is 0. The van der Waals surface area contributed by atoms with Gasteiger partial charge in [-0.3, -0.25) is 0 Å². The Morgan fingerprint density at radius 3 is 0.662 bits per heavy atom. The Morgan fingerprint density at radius 1 is 0.325 bits per heavy atom. The molecule has 0 amide bonds. The fraction of sp³-hybridized carbons (Fsp3) is 0.465. The lowest BCUT2D eigenvalue weighted by Crippen LogP contribution is -2.16. The van der Waals surface area contributed by atoms with E-state index in [2.05, 4.69) is 203 Å². The third-order valence-electron chi connectivity index (χ3n) is 15.8. The highest BCUT2D eigenvalue weighted by molar-refractivity contribution is 5.60. The molecule has 0 spiro atoms. The first kappa shape index (κ1) is 58.4. The van der Waals surface area contributed by atoms with Crippen molar-refractivity contribution in [2.24, 2.45) is 0 Å². The topological polar surface area (TPSA) is 110 Å². The zero-order valence-electron chi connectivity index (χ0n) is 50.0. The van der Waals surface area contributed by atoms with Crippen LogP contribution in [-0.4, -0.2) is 32.1 Å². The minimum Gasteiger partial charge on any atom is -0.507 e. The molecule has 1 aliphatic rings. The van der Waals surface area contributed by atoms with Gasteiger partial charge >= 0.3 is 0 Å². The summed E-state index contributed by atoms with van der Waals surface area (Å²) in [5, 5.41) is 63.2. The van der Waals surface area contributed by atoms with E-state index in [0.717, 1.165) is 55.6 Å². The highest BCUT2D eigenvalue weighted by Gasteiger charge is 2.30. The SMILES string of the molecule is C#CCCCOc1c2cc(C(C)(C)C)cc1Cc1cc(C(C)(C)C)cc(c1O)Cc1cc(C(C)(C)C)cc(c1O)Cc1cc(C(C)(C)C)cc(c1O)Cc1cc(C(C)(C)C)cc(c1O)Cc1cc(C(C)(C)C)cc(c1O)C2. The normalized spacial score (nSPS) is 13.9. The van der Waals surface area contributed by atoms with Crippen molar-refractivity contribution in [1.82, 2.24) is 0 Å². The summed E-state index contributed by atoms with van der Waals surface area (Å²) in [5.41, 5.74) is 13.3. The Kier molecular flexibility index (Phi) is 16.0. The molecule has 0 radical (unpaired) electrons. The van der Waals surface area contributed by atoms with Gasteiger partial charge in [0, 0.05) is 44.9 Å². The molecule has 77 heavy (non-hydrogen) atoms. The first-order valence-corrected chi connectivity index (χ1v) is 27.9. The van der Waals surface area contributed by atoms with Gasteiger partial charge in [0.15, 0.2) is 0 Å². The van der Waals surface area contributed by atoms with Crippen LogP contribution in [0.3, 0.4) is 0 Å². The molecule has 12 bridgehead atoms. The van der Waals surface area contributed by atoms with E-state index in [4.69, 9.17) is 11.2 Å². The van der Waals surface area contributed by atoms with Crippen molar-refractivity contribution >= 4 is 0 Å². The van der Waals surface area contributed by atoms with Crippen molar-refractivity contribution in [2.45, 2.75) is 208 Å². The summed E-state index contributed by atoms with van der Waals surface area (Å²) in [6.07, 6.45) is 8.67. The van der Waals surface area contributed by atoms with E-state index in [0.29, 0.717) is 82.5 Å². The van der Waals surface area contributed by atoms with Crippen LogP contribution in [-0.2, 0) is 71.0 Å². The van der Waals surface area contributed by atoms with Crippen molar-refractivity contribution < 1.29 is 30.3 Å². The zero-order chi connectivity index (χ0) is 57.1. The van der Waals surface area contributed by atoms with E-state index >= 15 is 0 Å². The van der Waals surface area contributed by atoms with Gasteiger partial charge in [0.05, 0.1) is 6.61 Å². The van der Waals surface area contributed by atoms with Crippen molar-refractivity contribution in [1.29, 1.82) is 0 Å². The van der Waals surface area contributed by atoms with Gasteiger partial charge in [0.2, 0.25) is 0 Å². The van der Waals surface area contributed by atoms with E-state index in [1.807, 2.05) is 0 Å². The number of aromatic hydroxyl groups is 5. The Bertz CT molecular complexity index is 3050. The molecule has 0 atom stereocenters. The van der Waals surface area contributed by atoms with Gasteiger partial charge in [0.1, 0.15) is 34.5 Å². The third kappa shape index (κ3) is 13.2. The first-order valence-electron chi connectivity index (χ1n) is 27.9. The lowest BCUT2D eigenvalue weighted by atomic mass is 9.79. The Balaban J connectivity index is 1.61. The summed E-state index contributed by atoms with van der Waals surface area (Å²) in [5.74, 6) is 4.18. The minimum atomic E-state index is -0.301. The number of benzene rings is 6. The predicted molar refractivity (Wildman–Crippen MR) is 320 cm³/mol. The number of phenolic OH excluding ortho intramolecular Hbond substituents is 5. The molecule has 410 valence electrons. The number of phenols is 5. The molecule has 0 saturated heterocycles. The summed E-state index contributed by atoms with van der Waals surface area (Å²) in [6, 6.07) is 25.2. The molecule has 6 nitrogen and oxygen atoms in total. The van der Waals surface area contributed by atoms with Crippen LogP contribution in [0.2, 0.25) is 0 Å². The number of hydrogen-bond donors (Lipinski definition) is 5. The zero-order valence-corrected chi connectivity index (χ0v) is 50.0. The summed E-state index contributed by atoms with van der Waals surface area (Å²) < 4.78 is 6.91. The second-order valence-corrected chi connectivity index (χ2v) is 28.6. The van der Waals surface area contributed by atoms with Crippen LogP contribution in [0.4, 0.5) is 0 Å². The Morgan fingerprint density at radius 2 is 0.494 bits per heavy atom. The fourth-order valence-electron chi connectivity index (χ4n) is 10.5. The van der Waals surface area contributed by atoms with Crippen LogP contribution < -0.4 is 4.74 Å². The van der Waals surface area contributed by atoms with Crippen LogP contribution in [0.1, 0.15) is 238 Å². The molecule has 1 aliphatic carbocycles. The van der Waals surface area contributed by atoms with Crippen molar-refractivity contribution in [3.63, 3.8) is 0 Å². The van der Waals surface area contributed by atoms with E-state index in [9.17, 15) is 25.5 Å². The number of terminal acetylenes is 1.